The van der Waals surface area contributed by atoms with E-state index in [2.05, 4.69) is 14.7 Å². The van der Waals surface area contributed by atoms with Gasteiger partial charge in [0.2, 0.25) is 5.95 Å². The first-order valence-corrected chi connectivity index (χ1v) is 12.8. The van der Waals surface area contributed by atoms with Crippen molar-refractivity contribution in [2.75, 3.05) is 24.5 Å². The topological polar surface area (TPSA) is 105 Å². The molecule has 35 heavy (non-hydrogen) atoms. The smallest absolute Gasteiger partial charge is 0.407 e. The number of nitrogens with zero attached hydrogens (tertiary/aromatic N) is 4. The summed E-state index contributed by atoms with van der Waals surface area (Å²) in [6, 6.07) is 5.86. The molecule has 1 aliphatic rings. The van der Waals surface area contributed by atoms with E-state index < -0.39 is 27.7 Å². The maximum absolute atomic E-state index is 13.6. The Morgan fingerprint density at radius 2 is 1.63 bits per heavy atom. The molecule has 2 aromatic rings. The van der Waals surface area contributed by atoms with Gasteiger partial charge in [0, 0.05) is 49.0 Å². The lowest BCUT2D eigenvalue weighted by molar-refractivity contribution is 0.0745. The highest BCUT2D eigenvalue weighted by atomic mass is 32.2. The zero-order valence-corrected chi connectivity index (χ0v) is 22.3. The summed E-state index contributed by atoms with van der Waals surface area (Å²) in [5.41, 5.74) is 0.233. The monoisotopic (exact) mass is 505 g/mol. The average molecular weight is 506 g/mol. The van der Waals surface area contributed by atoms with Crippen molar-refractivity contribution in [1.82, 2.24) is 19.6 Å². The zero-order chi connectivity index (χ0) is 26.2. The molecule has 0 bridgehead atoms. The summed E-state index contributed by atoms with van der Waals surface area (Å²) in [5.74, 6) is 0.153. The van der Waals surface area contributed by atoms with E-state index in [1.807, 2.05) is 53.4 Å². The van der Waals surface area contributed by atoms with E-state index in [4.69, 9.17) is 0 Å². The second-order valence-corrected chi connectivity index (χ2v) is 13.2. The summed E-state index contributed by atoms with van der Waals surface area (Å²) in [5, 5.41) is 9.63. The van der Waals surface area contributed by atoms with Crippen LogP contribution in [-0.4, -0.2) is 61.0 Å². The lowest BCUT2D eigenvalue weighted by Gasteiger charge is -2.45. The van der Waals surface area contributed by atoms with E-state index >= 15 is 0 Å². The summed E-state index contributed by atoms with van der Waals surface area (Å²) in [6.07, 6.45) is 2.46. The fourth-order valence-electron chi connectivity index (χ4n) is 4.08. The van der Waals surface area contributed by atoms with Gasteiger partial charge in [-0.2, -0.15) is 0 Å². The molecule has 0 spiro atoms. The summed E-state index contributed by atoms with van der Waals surface area (Å²) in [6.45, 7) is 14.9. The average Bonchev–Trinajstić information content (AvgIpc) is 2.77. The molecule has 1 aliphatic heterocycles. The minimum atomic E-state index is -1.42. The fraction of sp³-hybridized carbons (Fsp3) is 0.560. The number of hydrogen-bond acceptors (Lipinski definition) is 6. The van der Waals surface area contributed by atoms with Crippen LogP contribution in [0.1, 0.15) is 59.6 Å². The molecule has 1 saturated heterocycles. The van der Waals surface area contributed by atoms with Crippen molar-refractivity contribution < 1.29 is 18.8 Å². The van der Waals surface area contributed by atoms with Crippen LogP contribution < -0.4 is 9.62 Å². The maximum atomic E-state index is 13.6. The number of hydrogen-bond donors (Lipinski definition) is 2. The molecular weight excluding hydrogens is 469 g/mol. The number of carboxylic acid groups (broad SMARTS) is 1. The highest BCUT2D eigenvalue weighted by Gasteiger charge is 2.41. The highest BCUT2D eigenvalue weighted by molar-refractivity contribution is 7.90. The largest absolute Gasteiger partial charge is 0.598 e. The van der Waals surface area contributed by atoms with Crippen molar-refractivity contribution in [3.8, 4) is 0 Å². The van der Waals surface area contributed by atoms with Gasteiger partial charge in [-0.15, -0.1) is 4.72 Å². The number of aromatic nitrogens is 2. The van der Waals surface area contributed by atoms with Gasteiger partial charge in [0.25, 0.3) is 0 Å². The third kappa shape index (κ3) is 6.05. The third-order valence-electron chi connectivity index (χ3n) is 6.40. The molecule has 192 valence electrons. The molecule has 1 aromatic carbocycles. The van der Waals surface area contributed by atoms with E-state index in [9.17, 15) is 18.8 Å². The maximum Gasteiger partial charge on any atom is 0.407 e. The highest BCUT2D eigenvalue weighted by Crippen LogP contribution is 2.33. The van der Waals surface area contributed by atoms with Gasteiger partial charge in [-0.1, -0.05) is 32.9 Å². The van der Waals surface area contributed by atoms with E-state index in [0.717, 1.165) is 5.56 Å². The summed E-state index contributed by atoms with van der Waals surface area (Å²) in [7, 11) is 0. The van der Waals surface area contributed by atoms with Gasteiger partial charge in [-0.25, -0.2) is 19.2 Å². The van der Waals surface area contributed by atoms with Crippen LogP contribution in [0.3, 0.4) is 0 Å². The third-order valence-corrected chi connectivity index (χ3v) is 8.10. The number of anilines is 1. The summed E-state index contributed by atoms with van der Waals surface area (Å²) >= 11 is -1.42. The zero-order valence-electron chi connectivity index (χ0n) is 21.5. The number of benzene rings is 1. The predicted octanol–water partition coefficient (Wildman–Crippen LogP) is 4.15. The number of carbonyl (C=O) groups is 1. The first-order valence-electron chi connectivity index (χ1n) is 11.7. The molecule has 3 atom stereocenters. The van der Waals surface area contributed by atoms with Gasteiger partial charge in [0.05, 0.1) is 6.04 Å². The molecule has 8 nitrogen and oxygen atoms in total. The van der Waals surface area contributed by atoms with Gasteiger partial charge in [0.15, 0.2) is 0 Å². The van der Waals surface area contributed by atoms with Crippen LogP contribution in [-0.2, 0) is 16.9 Å². The van der Waals surface area contributed by atoms with Crippen LogP contribution in [0.25, 0.3) is 0 Å². The van der Waals surface area contributed by atoms with Crippen LogP contribution in [0, 0.1) is 11.2 Å². The van der Waals surface area contributed by atoms with Crippen molar-refractivity contribution in [3.05, 3.63) is 53.6 Å². The molecule has 2 unspecified atom stereocenters. The second-order valence-electron chi connectivity index (χ2n) is 11.2. The molecule has 1 aromatic heterocycles. The minimum absolute atomic E-state index is 0.211. The Bertz CT molecular complexity index is 1020. The SMILES string of the molecule is CC(N[S@@+]([O-])C(C)(C)C)(c1ccc(F)cc1)c1cnc(N2CCN(C(=O)O)C(C(C)(C)C)C2)nc1. The predicted molar refractivity (Wildman–Crippen MR) is 136 cm³/mol. The Labute approximate surface area is 210 Å². The van der Waals surface area contributed by atoms with E-state index in [-0.39, 0.29) is 17.3 Å². The van der Waals surface area contributed by atoms with Gasteiger partial charge in [0.1, 0.15) is 16.1 Å². The molecule has 1 amide bonds. The lowest BCUT2D eigenvalue weighted by Crippen LogP contribution is -2.59. The van der Waals surface area contributed by atoms with Crippen LogP contribution in [0.2, 0.25) is 0 Å². The molecule has 1 fully saturated rings. The molecule has 2 N–H and O–H groups in total. The molecular formula is C25H36FN5O3S. The van der Waals surface area contributed by atoms with Crippen molar-refractivity contribution in [2.24, 2.45) is 5.41 Å². The van der Waals surface area contributed by atoms with Crippen molar-refractivity contribution >= 4 is 23.4 Å². The Morgan fingerprint density at radius 1 is 1.06 bits per heavy atom. The van der Waals surface area contributed by atoms with Crippen LogP contribution in [0.15, 0.2) is 36.7 Å². The summed E-state index contributed by atoms with van der Waals surface area (Å²) < 4.78 is 29.4. The Balaban J connectivity index is 1.92. The molecule has 3 rings (SSSR count). The number of piperazine rings is 1. The first kappa shape index (κ1) is 27.2. The Kier molecular flexibility index (Phi) is 7.69. The van der Waals surface area contributed by atoms with Crippen LogP contribution in [0.5, 0.6) is 0 Å². The first-order chi connectivity index (χ1) is 16.1. The number of amides is 1. The van der Waals surface area contributed by atoms with E-state index in [1.54, 1.807) is 24.5 Å². The molecule has 2 heterocycles. The van der Waals surface area contributed by atoms with Crippen molar-refractivity contribution in [1.29, 1.82) is 0 Å². The van der Waals surface area contributed by atoms with E-state index in [1.165, 1.54) is 17.0 Å². The summed E-state index contributed by atoms with van der Waals surface area (Å²) in [4.78, 5) is 24.4. The number of nitrogens with one attached hydrogen (secondary N) is 1. The fourth-order valence-corrected chi connectivity index (χ4v) is 5.00. The van der Waals surface area contributed by atoms with Crippen molar-refractivity contribution in [3.63, 3.8) is 0 Å². The van der Waals surface area contributed by atoms with Gasteiger partial charge in [-0.3, -0.25) is 0 Å². The van der Waals surface area contributed by atoms with Crippen LogP contribution >= 0.6 is 0 Å². The molecule has 10 heteroatoms. The number of rotatable bonds is 5. The second kappa shape index (κ2) is 9.91. The van der Waals surface area contributed by atoms with Crippen molar-refractivity contribution in [2.45, 2.75) is 64.8 Å². The standard InChI is InChI=1S/C25H36FN5O3S/c1-23(2,3)20-16-30(12-13-31(20)22(32)33)21-27-14-18(15-28-21)25(7,29-35(34)24(4,5)6)17-8-10-19(26)11-9-17/h8-11,14-15,20,29H,12-13,16H2,1-7H3,(H,32,33)/t20?,25?,35-/m0/s1. The number of halogens is 1. The Hall–Kier alpha value is -2.43. The van der Waals surface area contributed by atoms with Gasteiger partial charge in [-0.05, 0) is 50.8 Å². The molecule has 0 aliphatic carbocycles. The van der Waals surface area contributed by atoms with Crippen LogP contribution in [0.4, 0.5) is 15.1 Å². The minimum Gasteiger partial charge on any atom is -0.598 e. The molecule has 0 saturated carbocycles. The van der Waals surface area contributed by atoms with E-state index in [0.29, 0.717) is 31.1 Å². The van der Waals surface area contributed by atoms with Gasteiger partial charge >= 0.3 is 6.09 Å². The van der Waals surface area contributed by atoms with Gasteiger partial charge < -0.3 is 19.5 Å². The normalized spacial score (nSPS) is 19.9. The molecule has 0 radical (unpaired) electrons. The lowest BCUT2D eigenvalue weighted by atomic mass is 9.84. The quantitative estimate of drug-likeness (QED) is 0.588. The Morgan fingerprint density at radius 3 is 2.11 bits per heavy atom.